The van der Waals surface area contributed by atoms with Crippen molar-refractivity contribution in [1.29, 1.82) is 0 Å². The van der Waals surface area contributed by atoms with Crippen LogP contribution in [0.5, 0.6) is 5.75 Å². The normalized spacial score (nSPS) is 17.8. The van der Waals surface area contributed by atoms with Gasteiger partial charge in [0.1, 0.15) is 5.75 Å². The predicted octanol–water partition coefficient (Wildman–Crippen LogP) is 6.48. The van der Waals surface area contributed by atoms with E-state index in [0.717, 1.165) is 37.4 Å². The van der Waals surface area contributed by atoms with Crippen LogP contribution in [0.15, 0.2) is 72.8 Å². The summed E-state index contributed by atoms with van der Waals surface area (Å²) in [4.78, 5) is 11.2. The van der Waals surface area contributed by atoms with Crippen molar-refractivity contribution in [2.75, 3.05) is 25.0 Å². The Morgan fingerprint density at radius 3 is 2.11 bits per heavy atom. The summed E-state index contributed by atoms with van der Waals surface area (Å²) in [6, 6.07) is 25.9. The van der Waals surface area contributed by atoms with E-state index in [1.165, 1.54) is 35.6 Å². The van der Waals surface area contributed by atoms with Crippen LogP contribution in [0.4, 0.5) is 5.69 Å². The quantitative estimate of drug-likeness (QED) is 0.352. The van der Waals surface area contributed by atoms with E-state index in [0.29, 0.717) is 24.4 Å². The summed E-state index contributed by atoms with van der Waals surface area (Å²) < 4.78 is 6.02. The van der Waals surface area contributed by atoms with Gasteiger partial charge in [0.15, 0.2) is 0 Å². The van der Waals surface area contributed by atoms with Gasteiger partial charge in [-0.2, -0.15) is 0 Å². The molecule has 4 heteroatoms. The van der Waals surface area contributed by atoms with Crippen LogP contribution >= 0.6 is 0 Å². The van der Waals surface area contributed by atoms with E-state index in [1.54, 1.807) is 0 Å². The maximum atomic E-state index is 11.2. The second-order valence-electron chi connectivity index (χ2n) is 9.91. The highest BCUT2D eigenvalue weighted by Crippen LogP contribution is 2.41. The van der Waals surface area contributed by atoms with E-state index < -0.39 is 0 Å². The van der Waals surface area contributed by atoms with Crippen molar-refractivity contribution < 1.29 is 9.53 Å². The molecule has 1 amide bonds. The van der Waals surface area contributed by atoms with Crippen LogP contribution in [-0.2, 0) is 4.79 Å². The fourth-order valence-corrected chi connectivity index (χ4v) is 5.31. The standard InChI is InChI=1S/C31H38N2O2/c1-22-6-10-25(11-7-22)31(26-12-8-23(2)9-13-26)30-18-19-32-21-27(30)5-4-20-35-29-16-14-28(15-17-29)33-24(3)34/h6-17,27,30-32H,4-5,18-21H2,1-3H3,(H,33,34). The van der Waals surface area contributed by atoms with Gasteiger partial charge in [-0.1, -0.05) is 59.7 Å². The topological polar surface area (TPSA) is 50.4 Å². The molecule has 1 fully saturated rings. The molecule has 2 atom stereocenters. The molecule has 1 saturated heterocycles. The Labute approximate surface area is 210 Å². The molecule has 4 nitrogen and oxygen atoms in total. The lowest BCUT2D eigenvalue weighted by Crippen LogP contribution is -2.39. The van der Waals surface area contributed by atoms with Crippen molar-refractivity contribution >= 4 is 11.6 Å². The van der Waals surface area contributed by atoms with E-state index in [-0.39, 0.29) is 5.91 Å². The lowest BCUT2D eigenvalue weighted by molar-refractivity contribution is -0.114. The molecule has 4 rings (SSSR count). The highest BCUT2D eigenvalue weighted by atomic mass is 16.5. The van der Waals surface area contributed by atoms with Crippen LogP contribution in [0.25, 0.3) is 0 Å². The van der Waals surface area contributed by atoms with E-state index in [1.807, 2.05) is 24.3 Å². The fourth-order valence-electron chi connectivity index (χ4n) is 5.31. The molecule has 0 spiro atoms. The first-order valence-electron chi connectivity index (χ1n) is 12.8. The first-order chi connectivity index (χ1) is 17.0. The molecule has 0 aliphatic carbocycles. The Hall–Kier alpha value is -3.11. The van der Waals surface area contributed by atoms with Gasteiger partial charge in [0.2, 0.25) is 5.91 Å². The predicted molar refractivity (Wildman–Crippen MR) is 144 cm³/mol. The number of piperidine rings is 1. The Kier molecular flexibility index (Phi) is 8.59. The maximum absolute atomic E-state index is 11.2. The van der Waals surface area contributed by atoms with Gasteiger partial charge in [0, 0.05) is 18.5 Å². The van der Waals surface area contributed by atoms with Gasteiger partial charge in [-0.3, -0.25) is 4.79 Å². The summed E-state index contributed by atoms with van der Waals surface area (Å²) in [5, 5.41) is 6.44. The number of rotatable bonds is 9. The van der Waals surface area contributed by atoms with Gasteiger partial charge in [-0.25, -0.2) is 0 Å². The third kappa shape index (κ3) is 6.95. The molecule has 184 valence electrons. The number of carbonyl (C=O) groups is 1. The van der Waals surface area contributed by atoms with Crippen LogP contribution in [0.3, 0.4) is 0 Å². The second kappa shape index (κ2) is 12.0. The zero-order chi connectivity index (χ0) is 24.6. The number of aryl methyl sites for hydroxylation is 2. The molecule has 0 aromatic heterocycles. The number of nitrogens with one attached hydrogen (secondary N) is 2. The molecule has 1 aliphatic heterocycles. The van der Waals surface area contributed by atoms with Gasteiger partial charge in [-0.05, 0) is 93.4 Å². The fraction of sp³-hybridized carbons (Fsp3) is 0.387. The first kappa shape index (κ1) is 25.0. The number of carbonyl (C=O) groups excluding carboxylic acids is 1. The third-order valence-corrected chi connectivity index (χ3v) is 7.13. The van der Waals surface area contributed by atoms with Crippen molar-refractivity contribution in [3.8, 4) is 5.75 Å². The monoisotopic (exact) mass is 470 g/mol. The van der Waals surface area contributed by atoms with E-state index in [2.05, 4.69) is 73.0 Å². The second-order valence-corrected chi connectivity index (χ2v) is 9.91. The molecule has 3 aromatic rings. The summed E-state index contributed by atoms with van der Waals surface area (Å²) >= 11 is 0. The van der Waals surface area contributed by atoms with Crippen LogP contribution in [0.2, 0.25) is 0 Å². The van der Waals surface area contributed by atoms with Crippen LogP contribution in [-0.4, -0.2) is 25.6 Å². The number of benzene rings is 3. The number of ether oxygens (including phenoxy) is 1. The molecule has 0 bridgehead atoms. The minimum absolute atomic E-state index is 0.0658. The smallest absolute Gasteiger partial charge is 0.221 e. The van der Waals surface area contributed by atoms with Crippen LogP contribution in [0.1, 0.15) is 54.4 Å². The van der Waals surface area contributed by atoms with Gasteiger partial charge >= 0.3 is 0 Å². The van der Waals surface area contributed by atoms with E-state index >= 15 is 0 Å². The summed E-state index contributed by atoms with van der Waals surface area (Å²) in [6.45, 7) is 8.66. The number of hydrogen-bond donors (Lipinski definition) is 2. The molecule has 1 aliphatic rings. The van der Waals surface area contributed by atoms with E-state index in [4.69, 9.17) is 4.74 Å². The molecule has 2 N–H and O–H groups in total. The van der Waals surface area contributed by atoms with Crippen LogP contribution < -0.4 is 15.4 Å². The van der Waals surface area contributed by atoms with Gasteiger partial charge < -0.3 is 15.4 Å². The highest BCUT2D eigenvalue weighted by molar-refractivity contribution is 5.88. The van der Waals surface area contributed by atoms with Crippen molar-refractivity contribution in [2.24, 2.45) is 11.8 Å². The first-order valence-corrected chi connectivity index (χ1v) is 12.8. The maximum Gasteiger partial charge on any atom is 0.221 e. The molecular weight excluding hydrogens is 432 g/mol. The number of anilines is 1. The highest BCUT2D eigenvalue weighted by Gasteiger charge is 2.33. The Bertz CT molecular complexity index is 1030. The lowest BCUT2D eigenvalue weighted by Gasteiger charge is -2.38. The summed E-state index contributed by atoms with van der Waals surface area (Å²) in [6.07, 6.45) is 3.34. The number of amides is 1. The van der Waals surface area contributed by atoms with Crippen molar-refractivity contribution in [2.45, 2.75) is 46.0 Å². The van der Waals surface area contributed by atoms with Crippen molar-refractivity contribution in [1.82, 2.24) is 5.32 Å². The molecular formula is C31H38N2O2. The SMILES string of the molecule is CC(=O)Nc1ccc(OCCCC2CNCCC2C(c2ccc(C)cc2)c2ccc(C)cc2)cc1. The molecule has 35 heavy (non-hydrogen) atoms. The van der Waals surface area contributed by atoms with Crippen LogP contribution in [0, 0.1) is 25.7 Å². The van der Waals surface area contributed by atoms with Crippen molar-refractivity contribution in [3.63, 3.8) is 0 Å². The largest absolute Gasteiger partial charge is 0.494 e. The van der Waals surface area contributed by atoms with Gasteiger partial charge in [0.05, 0.1) is 6.61 Å². The number of hydrogen-bond acceptors (Lipinski definition) is 3. The Balaban J connectivity index is 1.42. The van der Waals surface area contributed by atoms with Crippen molar-refractivity contribution in [3.05, 3.63) is 95.1 Å². The summed E-state index contributed by atoms with van der Waals surface area (Å²) in [7, 11) is 0. The molecule has 2 unspecified atom stereocenters. The minimum atomic E-state index is -0.0658. The lowest BCUT2D eigenvalue weighted by atomic mass is 9.70. The molecule has 0 saturated carbocycles. The summed E-state index contributed by atoms with van der Waals surface area (Å²) in [5.41, 5.74) is 6.25. The minimum Gasteiger partial charge on any atom is -0.494 e. The molecule has 0 radical (unpaired) electrons. The van der Waals surface area contributed by atoms with Gasteiger partial charge in [0.25, 0.3) is 0 Å². The summed E-state index contributed by atoms with van der Waals surface area (Å²) in [5.74, 6) is 2.38. The average Bonchev–Trinajstić information content (AvgIpc) is 2.86. The molecule has 1 heterocycles. The third-order valence-electron chi connectivity index (χ3n) is 7.13. The molecule has 3 aromatic carbocycles. The zero-order valence-corrected chi connectivity index (χ0v) is 21.2. The Morgan fingerprint density at radius 2 is 1.54 bits per heavy atom. The van der Waals surface area contributed by atoms with E-state index in [9.17, 15) is 4.79 Å². The Morgan fingerprint density at radius 1 is 0.943 bits per heavy atom. The average molecular weight is 471 g/mol. The van der Waals surface area contributed by atoms with Gasteiger partial charge in [-0.15, -0.1) is 0 Å². The zero-order valence-electron chi connectivity index (χ0n) is 21.2.